The minimum atomic E-state index is -1.76. The highest BCUT2D eigenvalue weighted by Gasteiger charge is 2.36. The predicted octanol–water partition coefficient (Wildman–Crippen LogP) is 5.50. The second kappa shape index (κ2) is 10.6. The Morgan fingerprint density at radius 3 is 2.31 bits per heavy atom. The molecule has 184 valence electrons. The molecule has 3 aromatic carbocycles. The number of amides is 3. The van der Waals surface area contributed by atoms with Crippen molar-refractivity contribution in [3.8, 4) is 5.75 Å². The fraction of sp³-hybridized carbons (Fsp3) is 0.0800. The van der Waals surface area contributed by atoms with Gasteiger partial charge in [-0.05, 0) is 65.4 Å². The van der Waals surface area contributed by atoms with E-state index in [1.807, 2.05) is 5.32 Å². The van der Waals surface area contributed by atoms with Crippen LogP contribution in [0.1, 0.15) is 11.1 Å². The molecule has 0 bridgehead atoms. The van der Waals surface area contributed by atoms with Gasteiger partial charge in [0.25, 0.3) is 11.1 Å². The lowest BCUT2D eigenvalue weighted by molar-refractivity contribution is -0.127. The Balaban J connectivity index is 1.37. The number of anilines is 1. The van der Waals surface area contributed by atoms with Crippen LogP contribution in [-0.2, 0) is 16.2 Å². The van der Waals surface area contributed by atoms with Crippen molar-refractivity contribution in [3.63, 3.8) is 0 Å². The molecule has 3 aromatic rings. The van der Waals surface area contributed by atoms with Gasteiger partial charge in [-0.15, -0.1) is 0 Å². The molecule has 0 aliphatic carbocycles. The van der Waals surface area contributed by atoms with Crippen molar-refractivity contribution in [3.05, 3.63) is 100.0 Å². The zero-order valence-corrected chi connectivity index (χ0v) is 19.1. The van der Waals surface area contributed by atoms with Crippen LogP contribution in [0.2, 0.25) is 0 Å². The van der Waals surface area contributed by atoms with Crippen molar-refractivity contribution in [1.82, 2.24) is 4.90 Å². The topological polar surface area (TPSA) is 75.7 Å². The molecule has 36 heavy (non-hydrogen) atoms. The van der Waals surface area contributed by atoms with Crippen molar-refractivity contribution in [2.45, 2.75) is 6.61 Å². The van der Waals surface area contributed by atoms with Crippen molar-refractivity contribution < 1.29 is 36.7 Å². The summed E-state index contributed by atoms with van der Waals surface area (Å²) in [6.45, 7) is -0.508. The lowest BCUT2D eigenvalue weighted by Gasteiger charge is -2.13. The molecule has 3 amide bonds. The third-order valence-electron chi connectivity index (χ3n) is 4.98. The summed E-state index contributed by atoms with van der Waals surface area (Å²) in [5, 5.41) is 1.30. The van der Waals surface area contributed by atoms with Gasteiger partial charge in [-0.25, -0.2) is 17.6 Å². The summed E-state index contributed by atoms with van der Waals surface area (Å²) in [4.78, 5) is 37.8. The lowest BCUT2D eigenvalue weighted by atomic mass is 10.2. The van der Waals surface area contributed by atoms with Gasteiger partial charge in [0.05, 0.1) is 10.6 Å². The molecule has 4 rings (SSSR count). The Kier molecular flexibility index (Phi) is 7.39. The Labute approximate surface area is 206 Å². The summed E-state index contributed by atoms with van der Waals surface area (Å²) >= 11 is 0.618. The van der Waals surface area contributed by atoms with Crippen LogP contribution in [0.4, 0.5) is 28.0 Å². The van der Waals surface area contributed by atoms with Crippen LogP contribution in [0.3, 0.4) is 0 Å². The smallest absolute Gasteiger partial charge is 0.294 e. The van der Waals surface area contributed by atoms with Gasteiger partial charge in [0.1, 0.15) is 24.7 Å². The number of halogens is 4. The number of imide groups is 1. The molecule has 1 saturated heterocycles. The zero-order valence-electron chi connectivity index (χ0n) is 18.3. The van der Waals surface area contributed by atoms with Gasteiger partial charge in [-0.3, -0.25) is 19.3 Å². The van der Waals surface area contributed by atoms with Gasteiger partial charge < -0.3 is 10.1 Å². The summed E-state index contributed by atoms with van der Waals surface area (Å²) < 4.78 is 58.7. The molecule has 1 aliphatic heterocycles. The van der Waals surface area contributed by atoms with Gasteiger partial charge in [-0.1, -0.05) is 24.3 Å². The van der Waals surface area contributed by atoms with Crippen LogP contribution >= 0.6 is 11.8 Å². The largest absolute Gasteiger partial charge is 0.489 e. The van der Waals surface area contributed by atoms with Crippen LogP contribution < -0.4 is 10.1 Å². The van der Waals surface area contributed by atoms with Crippen LogP contribution in [0.25, 0.3) is 6.08 Å². The molecule has 0 saturated carbocycles. The molecule has 1 heterocycles. The average molecular weight is 516 g/mol. The molecule has 11 heteroatoms. The monoisotopic (exact) mass is 516 g/mol. The number of rotatable bonds is 7. The van der Waals surface area contributed by atoms with E-state index in [-0.39, 0.29) is 17.3 Å². The molecule has 1 fully saturated rings. The average Bonchev–Trinajstić information content (AvgIpc) is 3.12. The quantitative estimate of drug-likeness (QED) is 0.255. The summed E-state index contributed by atoms with van der Waals surface area (Å²) in [6.07, 6.45) is 1.46. The number of nitrogens with zero attached hydrogens (tertiary/aromatic N) is 1. The molecule has 0 aromatic heterocycles. The number of ether oxygens (including phenoxy) is 1. The Morgan fingerprint density at radius 1 is 0.917 bits per heavy atom. The molecule has 0 unspecified atom stereocenters. The maximum absolute atomic E-state index is 13.8. The highest BCUT2D eigenvalue weighted by atomic mass is 32.2. The number of hydrogen-bond acceptors (Lipinski definition) is 5. The van der Waals surface area contributed by atoms with E-state index < -0.39 is 46.7 Å². The third-order valence-corrected chi connectivity index (χ3v) is 5.89. The van der Waals surface area contributed by atoms with Crippen LogP contribution in [0.15, 0.2) is 65.6 Å². The second-order valence-electron chi connectivity index (χ2n) is 7.52. The fourth-order valence-corrected chi connectivity index (χ4v) is 3.99. The van der Waals surface area contributed by atoms with E-state index in [1.165, 1.54) is 18.2 Å². The van der Waals surface area contributed by atoms with Crippen LogP contribution in [0.5, 0.6) is 5.75 Å². The fourth-order valence-electron chi connectivity index (χ4n) is 3.15. The van der Waals surface area contributed by atoms with E-state index in [0.717, 1.165) is 11.6 Å². The Bertz CT molecular complexity index is 1360. The van der Waals surface area contributed by atoms with E-state index in [9.17, 15) is 31.9 Å². The molecule has 0 atom stereocenters. The molecular formula is C25H16F4N2O4S. The lowest BCUT2D eigenvalue weighted by Crippen LogP contribution is -2.36. The van der Waals surface area contributed by atoms with E-state index in [2.05, 4.69) is 0 Å². The minimum absolute atomic E-state index is 0.0618. The van der Waals surface area contributed by atoms with E-state index in [4.69, 9.17) is 4.74 Å². The van der Waals surface area contributed by atoms with E-state index in [1.54, 1.807) is 36.4 Å². The first kappa shape index (κ1) is 25.0. The van der Waals surface area contributed by atoms with Gasteiger partial charge in [0.15, 0.2) is 17.5 Å². The molecule has 1 aliphatic rings. The second-order valence-corrected chi connectivity index (χ2v) is 8.52. The maximum Gasteiger partial charge on any atom is 0.294 e. The van der Waals surface area contributed by atoms with E-state index in [0.29, 0.717) is 34.0 Å². The summed E-state index contributed by atoms with van der Waals surface area (Å²) in [7, 11) is 0. The predicted molar refractivity (Wildman–Crippen MR) is 125 cm³/mol. The first-order valence-electron chi connectivity index (χ1n) is 10.4. The molecule has 0 spiro atoms. The summed E-state index contributed by atoms with van der Waals surface area (Å²) in [6, 6.07) is 14.0. The number of hydrogen-bond donors (Lipinski definition) is 1. The third kappa shape index (κ3) is 5.74. The molecule has 6 nitrogen and oxygen atoms in total. The highest BCUT2D eigenvalue weighted by Crippen LogP contribution is 2.32. The molecular weight excluding hydrogens is 500 g/mol. The van der Waals surface area contributed by atoms with Crippen molar-refractivity contribution in [1.29, 1.82) is 0 Å². The van der Waals surface area contributed by atoms with Gasteiger partial charge in [-0.2, -0.15) is 0 Å². The SMILES string of the molecule is O=C(CN1C(=O)S/C(=C\c2ccc(OCc3ccc(F)cc3)cc2)C1=O)Nc1ccc(F)c(F)c1F. The first-order valence-corrected chi connectivity index (χ1v) is 11.2. The number of thioether (sulfide) groups is 1. The van der Waals surface area contributed by atoms with Gasteiger partial charge >= 0.3 is 0 Å². The molecule has 1 N–H and O–H groups in total. The number of nitrogens with one attached hydrogen (secondary N) is 1. The maximum atomic E-state index is 13.8. The standard InChI is InChI=1S/C25H16F4N2O4S/c26-16-5-1-15(2-6-16)13-35-17-7-3-14(4-8-17)11-20-24(33)31(25(34)36-20)12-21(32)30-19-10-9-18(27)22(28)23(19)29/h1-11H,12-13H2,(H,30,32)/b20-11-. The summed E-state index contributed by atoms with van der Waals surface area (Å²) in [5.41, 5.74) is 0.747. The number of carbonyl (C=O) groups is 3. The highest BCUT2D eigenvalue weighted by molar-refractivity contribution is 8.18. The van der Waals surface area contributed by atoms with Gasteiger partial charge in [0.2, 0.25) is 5.91 Å². The van der Waals surface area contributed by atoms with Crippen molar-refractivity contribution in [2.24, 2.45) is 0 Å². The number of carbonyl (C=O) groups excluding carboxylic acids is 3. The summed E-state index contributed by atoms with van der Waals surface area (Å²) in [5.74, 6) is -6.28. The van der Waals surface area contributed by atoms with Crippen LogP contribution in [-0.4, -0.2) is 28.5 Å². The first-order chi connectivity index (χ1) is 17.2. The Morgan fingerprint density at radius 2 is 1.61 bits per heavy atom. The Hall–Kier alpha value is -4.12. The number of benzene rings is 3. The van der Waals surface area contributed by atoms with Gasteiger partial charge in [0, 0.05) is 0 Å². The molecule has 0 radical (unpaired) electrons. The normalized spacial score (nSPS) is 14.4. The zero-order chi connectivity index (χ0) is 25.8. The van der Waals surface area contributed by atoms with E-state index >= 15 is 0 Å². The van der Waals surface area contributed by atoms with Crippen LogP contribution in [0, 0.1) is 23.3 Å². The van der Waals surface area contributed by atoms with Crippen molar-refractivity contribution in [2.75, 3.05) is 11.9 Å². The minimum Gasteiger partial charge on any atom is -0.489 e. The van der Waals surface area contributed by atoms with Crippen molar-refractivity contribution >= 4 is 40.6 Å².